The SMILES string of the molecule is COc1ccc(S(=O)(=O)NCCNC(=O)c2ccccc2C(=O)c2cccs2)cc1. The number of ketones is 1. The highest BCUT2D eigenvalue weighted by Crippen LogP contribution is 2.18. The molecule has 0 fully saturated rings. The van der Waals surface area contributed by atoms with E-state index in [1.807, 2.05) is 0 Å². The molecule has 0 aliphatic rings. The summed E-state index contributed by atoms with van der Waals surface area (Å²) >= 11 is 1.30. The van der Waals surface area contributed by atoms with E-state index in [9.17, 15) is 18.0 Å². The smallest absolute Gasteiger partial charge is 0.252 e. The summed E-state index contributed by atoms with van der Waals surface area (Å²) in [5.74, 6) is -0.118. The Labute approximate surface area is 178 Å². The Bertz CT molecular complexity index is 1120. The molecule has 0 saturated heterocycles. The maximum Gasteiger partial charge on any atom is 0.252 e. The van der Waals surface area contributed by atoms with Crippen molar-refractivity contribution in [2.75, 3.05) is 20.2 Å². The third-order valence-corrected chi connectivity index (χ3v) is 6.58. The quantitative estimate of drug-likeness (QED) is 0.390. The molecule has 1 amide bonds. The minimum atomic E-state index is -3.71. The number of carbonyl (C=O) groups is 2. The molecular formula is C21H20N2O5S2. The Balaban J connectivity index is 1.59. The van der Waals surface area contributed by atoms with Gasteiger partial charge in [0.1, 0.15) is 5.75 Å². The molecule has 2 aromatic carbocycles. The Morgan fingerprint density at radius 2 is 1.63 bits per heavy atom. The van der Waals surface area contributed by atoms with Crippen molar-refractivity contribution in [3.8, 4) is 5.75 Å². The third-order valence-electron chi connectivity index (χ3n) is 4.23. The molecule has 30 heavy (non-hydrogen) atoms. The van der Waals surface area contributed by atoms with Gasteiger partial charge in [-0.3, -0.25) is 9.59 Å². The van der Waals surface area contributed by atoms with Gasteiger partial charge in [-0.05, 0) is 41.8 Å². The lowest BCUT2D eigenvalue weighted by atomic mass is 10.0. The van der Waals surface area contributed by atoms with Gasteiger partial charge in [0.05, 0.1) is 22.4 Å². The number of methoxy groups -OCH3 is 1. The third kappa shape index (κ3) is 5.12. The summed E-state index contributed by atoms with van der Waals surface area (Å²) in [6.07, 6.45) is 0. The molecule has 0 atom stereocenters. The van der Waals surface area contributed by atoms with Gasteiger partial charge in [0.2, 0.25) is 15.8 Å². The molecule has 0 radical (unpaired) electrons. The second-order valence-corrected chi connectivity index (χ2v) is 8.90. The monoisotopic (exact) mass is 444 g/mol. The summed E-state index contributed by atoms with van der Waals surface area (Å²) in [6.45, 7) is 0.0664. The highest BCUT2D eigenvalue weighted by Gasteiger charge is 2.19. The summed E-state index contributed by atoms with van der Waals surface area (Å²) in [6, 6.07) is 16.0. The lowest BCUT2D eigenvalue weighted by molar-refractivity contribution is 0.0943. The molecule has 0 aliphatic heterocycles. The molecule has 7 nitrogen and oxygen atoms in total. The van der Waals surface area contributed by atoms with Crippen molar-refractivity contribution in [2.45, 2.75) is 4.90 Å². The van der Waals surface area contributed by atoms with Crippen molar-refractivity contribution < 1.29 is 22.7 Å². The van der Waals surface area contributed by atoms with E-state index in [0.717, 1.165) is 0 Å². The highest BCUT2D eigenvalue weighted by atomic mass is 32.2. The fraction of sp³-hybridized carbons (Fsp3) is 0.143. The first-order valence-corrected chi connectivity index (χ1v) is 11.4. The van der Waals surface area contributed by atoms with Crippen LogP contribution in [0.15, 0.2) is 70.9 Å². The second kappa shape index (κ2) is 9.66. The van der Waals surface area contributed by atoms with E-state index in [1.165, 1.54) is 30.6 Å². The Morgan fingerprint density at radius 3 is 2.27 bits per heavy atom. The fourth-order valence-electron chi connectivity index (χ4n) is 2.71. The Morgan fingerprint density at radius 1 is 0.933 bits per heavy atom. The van der Waals surface area contributed by atoms with Crippen LogP contribution >= 0.6 is 11.3 Å². The van der Waals surface area contributed by atoms with Crippen LogP contribution in [0.1, 0.15) is 25.6 Å². The molecule has 0 aliphatic carbocycles. The van der Waals surface area contributed by atoms with Crippen LogP contribution in [0.2, 0.25) is 0 Å². The molecule has 0 bridgehead atoms. The zero-order chi connectivity index (χ0) is 21.6. The molecular weight excluding hydrogens is 424 g/mol. The van der Waals surface area contributed by atoms with Crippen LogP contribution in [0.4, 0.5) is 0 Å². The van der Waals surface area contributed by atoms with Crippen molar-refractivity contribution in [2.24, 2.45) is 0 Å². The number of thiophene rings is 1. The fourth-order valence-corrected chi connectivity index (χ4v) is 4.42. The molecule has 3 rings (SSSR count). The zero-order valence-corrected chi connectivity index (χ0v) is 17.8. The van der Waals surface area contributed by atoms with Gasteiger partial charge in [0.15, 0.2) is 0 Å². The van der Waals surface area contributed by atoms with Crippen LogP contribution in [0.25, 0.3) is 0 Å². The molecule has 1 heterocycles. The van der Waals surface area contributed by atoms with E-state index in [-0.39, 0.29) is 29.3 Å². The zero-order valence-electron chi connectivity index (χ0n) is 16.1. The number of sulfonamides is 1. The van der Waals surface area contributed by atoms with E-state index in [0.29, 0.717) is 16.2 Å². The molecule has 156 valence electrons. The van der Waals surface area contributed by atoms with Crippen molar-refractivity contribution >= 4 is 33.1 Å². The highest BCUT2D eigenvalue weighted by molar-refractivity contribution is 7.89. The molecule has 1 aromatic heterocycles. The van der Waals surface area contributed by atoms with Crippen LogP contribution in [0, 0.1) is 0 Å². The summed E-state index contributed by atoms with van der Waals surface area (Å²) in [4.78, 5) is 25.8. The number of amides is 1. The first-order chi connectivity index (χ1) is 14.4. The first-order valence-electron chi connectivity index (χ1n) is 9.01. The number of rotatable bonds is 9. The summed E-state index contributed by atoms with van der Waals surface area (Å²) in [7, 11) is -2.21. The summed E-state index contributed by atoms with van der Waals surface area (Å²) < 4.78 is 32.1. The van der Waals surface area contributed by atoms with Gasteiger partial charge in [0, 0.05) is 18.7 Å². The average Bonchev–Trinajstić information content (AvgIpc) is 3.31. The van der Waals surface area contributed by atoms with Gasteiger partial charge in [-0.15, -0.1) is 11.3 Å². The van der Waals surface area contributed by atoms with E-state index in [2.05, 4.69) is 10.0 Å². The second-order valence-electron chi connectivity index (χ2n) is 6.18. The van der Waals surface area contributed by atoms with Crippen LogP contribution in [-0.2, 0) is 10.0 Å². The van der Waals surface area contributed by atoms with Gasteiger partial charge < -0.3 is 10.1 Å². The van der Waals surface area contributed by atoms with Crippen molar-refractivity contribution in [3.63, 3.8) is 0 Å². The van der Waals surface area contributed by atoms with Gasteiger partial charge in [-0.2, -0.15) is 0 Å². The minimum absolute atomic E-state index is 0.00113. The Hall–Kier alpha value is -3.01. The van der Waals surface area contributed by atoms with Crippen LogP contribution in [0.3, 0.4) is 0 Å². The normalized spacial score (nSPS) is 11.1. The molecule has 3 aromatic rings. The lowest BCUT2D eigenvalue weighted by Gasteiger charge is -2.10. The van der Waals surface area contributed by atoms with E-state index in [4.69, 9.17) is 4.74 Å². The summed E-state index contributed by atoms with van der Waals surface area (Å²) in [5, 5.41) is 4.44. The number of hydrogen-bond donors (Lipinski definition) is 2. The predicted molar refractivity (Wildman–Crippen MR) is 115 cm³/mol. The molecule has 0 spiro atoms. The van der Waals surface area contributed by atoms with Crippen LogP contribution in [0.5, 0.6) is 5.75 Å². The van der Waals surface area contributed by atoms with Gasteiger partial charge in [-0.1, -0.05) is 24.3 Å². The van der Waals surface area contributed by atoms with Crippen LogP contribution in [-0.4, -0.2) is 40.3 Å². The minimum Gasteiger partial charge on any atom is -0.497 e. The topological polar surface area (TPSA) is 102 Å². The van der Waals surface area contributed by atoms with Gasteiger partial charge in [0.25, 0.3) is 5.91 Å². The molecule has 0 unspecified atom stereocenters. The van der Waals surface area contributed by atoms with Crippen LogP contribution < -0.4 is 14.8 Å². The number of benzene rings is 2. The first kappa shape index (κ1) is 21.7. The number of nitrogens with one attached hydrogen (secondary N) is 2. The Kier molecular flexibility index (Phi) is 6.99. The lowest BCUT2D eigenvalue weighted by Crippen LogP contribution is -2.35. The van der Waals surface area contributed by atoms with Crippen molar-refractivity contribution in [3.05, 3.63) is 82.0 Å². The molecule has 0 saturated carbocycles. The van der Waals surface area contributed by atoms with Gasteiger partial charge in [-0.25, -0.2) is 13.1 Å². The number of hydrogen-bond acceptors (Lipinski definition) is 6. The van der Waals surface area contributed by atoms with Crippen molar-refractivity contribution in [1.29, 1.82) is 0 Å². The predicted octanol–water partition coefficient (Wildman–Crippen LogP) is 2.70. The number of carbonyl (C=O) groups excluding carboxylic acids is 2. The largest absolute Gasteiger partial charge is 0.497 e. The van der Waals surface area contributed by atoms with E-state index < -0.39 is 15.9 Å². The maximum absolute atomic E-state index is 12.6. The summed E-state index contributed by atoms with van der Waals surface area (Å²) in [5.41, 5.74) is 0.546. The van der Waals surface area contributed by atoms with E-state index >= 15 is 0 Å². The van der Waals surface area contributed by atoms with E-state index in [1.54, 1.807) is 53.9 Å². The molecule has 9 heteroatoms. The maximum atomic E-state index is 12.6. The molecule has 2 N–H and O–H groups in total. The number of ether oxygens (including phenoxy) is 1. The average molecular weight is 445 g/mol. The van der Waals surface area contributed by atoms with Gasteiger partial charge >= 0.3 is 0 Å². The van der Waals surface area contributed by atoms with Crippen molar-refractivity contribution in [1.82, 2.24) is 10.0 Å². The standard InChI is InChI=1S/C21H20N2O5S2/c1-28-15-8-10-16(11-9-15)30(26,27)23-13-12-22-21(25)18-6-3-2-5-17(18)20(24)19-7-4-14-29-19/h2-11,14,23H,12-13H2,1H3,(H,22,25).